The maximum Gasteiger partial charge on any atom is 0.417 e. The maximum absolute atomic E-state index is 12.9. The van der Waals surface area contributed by atoms with Crippen LogP contribution in [0, 0.1) is 5.41 Å². The third-order valence-electron chi connectivity index (χ3n) is 3.19. The Kier molecular flexibility index (Phi) is 4.47. The highest BCUT2D eigenvalue weighted by molar-refractivity contribution is 7.99. The number of rotatable bonds is 2. The second-order valence-corrected chi connectivity index (χ2v) is 5.82. The SMILES string of the molecule is N=C(N)c1cc(N2CCCSCC2)ccc1C(F)(F)F. The third kappa shape index (κ3) is 3.39. The van der Waals surface area contributed by atoms with Crippen LogP contribution in [0.4, 0.5) is 18.9 Å². The predicted molar refractivity (Wildman–Crippen MR) is 76.6 cm³/mol. The molecule has 0 atom stereocenters. The summed E-state index contributed by atoms with van der Waals surface area (Å²) in [6.07, 6.45) is -3.49. The quantitative estimate of drug-likeness (QED) is 0.652. The monoisotopic (exact) mass is 303 g/mol. The molecule has 0 unspecified atom stereocenters. The summed E-state index contributed by atoms with van der Waals surface area (Å²) in [5, 5.41) is 7.37. The number of amidine groups is 1. The average Bonchev–Trinajstić information content (AvgIpc) is 2.65. The number of alkyl halides is 3. The van der Waals surface area contributed by atoms with Gasteiger partial charge in [0.05, 0.1) is 5.56 Å². The molecule has 1 aromatic carbocycles. The van der Waals surface area contributed by atoms with Crippen LogP contribution in [0.3, 0.4) is 0 Å². The van der Waals surface area contributed by atoms with Crippen molar-refractivity contribution in [2.75, 3.05) is 29.5 Å². The molecule has 0 amide bonds. The summed E-state index contributed by atoms with van der Waals surface area (Å²) < 4.78 is 38.6. The molecular weight excluding hydrogens is 287 g/mol. The lowest BCUT2D eigenvalue weighted by molar-refractivity contribution is -0.137. The van der Waals surface area contributed by atoms with Crippen LogP contribution in [0.25, 0.3) is 0 Å². The Hall–Kier alpha value is -1.37. The summed E-state index contributed by atoms with van der Waals surface area (Å²) >= 11 is 1.84. The van der Waals surface area contributed by atoms with Gasteiger partial charge in [-0.05, 0) is 30.4 Å². The van der Waals surface area contributed by atoms with Crippen LogP contribution in [0.2, 0.25) is 0 Å². The highest BCUT2D eigenvalue weighted by Crippen LogP contribution is 2.34. The summed E-state index contributed by atoms with van der Waals surface area (Å²) in [5.74, 6) is 1.47. The molecule has 0 saturated carbocycles. The van der Waals surface area contributed by atoms with Gasteiger partial charge in [-0.1, -0.05) is 0 Å². The molecule has 1 aliphatic heterocycles. The molecule has 0 aliphatic carbocycles. The molecule has 1 heterocycles. The number of nitrogen functional groups attached to an aromatic ring is 1. The van der Waals surface area contributed by atoms with Crippen molar-refractivity contribution in [1.82, 2.24) is 0 Å². The summed E-state index contributed by atoms with van der Waals surface area (Å²) in [5.41, 5.74) is 4.91. The number of nitrogens with zero attached hydrogens (tertiary/aromatic N) is 1. The van der Waals surface area contributed by atoms with E-state index in [0.29, 0.717) is 5.69 Å². The molecule has 3 N–H and O–H groups in total. The first-order valence-electron chi connectivity index (χ1n) is 6.28. The first kappa shape index (κ1) is 15.0. The maximum atomic E-state index is 12.9. The number of hydrogen-bond donors (Lipinski definition) is 2. The summed E-state index contributed by atoms with van der Waals surface area (Å²) in [4.78, 5) is 2.05. The van der Waals surface area contributed by atoms with E-state index in [0.717, 1.165) is 37.1 Å². The Bertz CT molecular complexity index is 494. The normalized spacial score (nSPS) is 16.9. The van der Waals surface area contributed by atoms with Gasteiger partial charge >= 0.3 is 6.18 Å². The number of benzene rings is 1. The lowest BCUT2D eigenvalue weighted by Crippen LogP contribution is -2.27. The summed E-state index contributed by atoms with van der Waals surface area (Å²) in [6, 6.07) is 3.86. The van der Waals surface area contributed by atoms with Gasteiger partial charge in [0, 0.05) is 30.1 Å². The molecule has 0 spiro atoms. The van der Waals surface area contributed by atoms with Gasteiger partial charge in [-0.25, -0.2) is 0 Å². The summed E-state index contributed by atoms with van der Waals surface area (Å²) in [6.45, 7) is 1.61. The molecule has 1 fully saturated rings. The molecule has 7 heteroatoms. The molecule has 110 valence electrons. The van der Waals surface area contributed by atoms with Crippen LogP contribution >= 0.6 is 11.8 Å². The minimum atomic E-state index is -4.49. The van der Waals surface area contributed by atoms with Gasteiger partial charge in [-0.3, -0.25) is 5.41 Å². The van der Waals surface area contributed by atoms with E-state index in [1.807, 2.05) is 16.7 Å². The zero-order valence-corrected chi connectivity index (χ0v) is 11.7. The Morgan fingerprint density at radius 1 is 1.25 bits per heavy atom. The van der Waals surface area contributed by atoms with E-state index < -0.39 is 17.6 Å². The second kappa shape index (κ2) is 5.95. The van der Waals surface area contributed by atoms with E-state index in [-0.39, 0.29) is 5.56 Å². The van der Waals surface area contributed by atoms with Gasteiger partial charge in [0.2, 0.25) is 0 Å². The van der Waals surface area contributed by atoms with Crippen molar-refractivity contribution in [3.05, 3.63) is 29.3 Å². The van der Waals surface area contributed by atoms with E-state index in [1.54, 1.807) is 0 Å². The molecule has 1 aromatic rings. The van der Waals surface area contributed by atoms with Crippen molar-refractivity contribution in [3.63, 3.8) is 0 Å². The lowest BCUT2D eigenvalue weighted by atomic mass is 10.0. The molecule has 1 saturated heterocycles. The van der Waals surface area contributed by atoms with Gasteiger partial charge < -0.3 is 10.6 Å². The largest absolute Gasteiger partial charge is 0.417 e. The fourth-order valence-corrected chi connectivity index (χ4v) is 3.09. The number of thioether (sulfide) groups is 1. The van der Waals surface area contributed by atoms with Crippen LogP contribution in [0.5, 0.6) is 0 Å². The van der Waals surface area contributed by atoms with Crippen molar-refractivity contribution in [2.24, 2.45) is 5.73 Å². The van der Waals surface area contributed by atoms with E-state index in [4.69, 9.17) is 11.1 Å². The van der Waals surface area contributed by atoms with E-state index >= 15 is 0 Å². The Morgan fingerprint density at radius 3 is 2.65 bits per heavy atom. The van der Waals surface area contributed by atoms with Gasteiger partial charge in [-0.15, -0.1) is 0 Å². The van der Waals surface area contributed by atoms with Crippen LogP contribution in [0.1, 0.15) is 17.5 Å². The number of nitrogens with two attached hydrogens (primary N) is 1. The van der Waals surface area contributed by atoms with Crippen molar-refractivity contribution < 1.29 is 13.2 Å². The number of nitrogens with one attached hydrogen (secondary N) is 1. The van der Waals surface area contributed by atoms with Crippen LogP contribution in [0.15, 0.2) is 18.2 Å². The van der Waals surface area contributed by atoms with Crippen LogP contribution in [-0.2, 0) is 6.18 Å². The minimum absolute atomic E-state index is 0.244. The lowest BCUT2D eigenvalue weighted by Gasteiger charge is -2.24. The topological polar surface area (TPSA) is 53.1 Å². The molecule has 2 rings (SSSR count). The van der Waals surface area contributed by atoms with Crippen LogP contribution in [-0.4, -0.2) is 30.4 Å². The fraction of sp³-hybridized carbons (Fsp3) is 0.462. The van der Waals surface area contributed by atoms with Crippen molar-refractivity contribution in [1.29, 1.82) is 5.41 Å². The van der Waals surface area contributed by atoms with Gasteiger partial charge in [0.15, 0.2) is 0 Å². The highest BCUT2D eigenvalue weighted by Gasteiger charge is 2.34. The molecule has 0 bridgehead atoms. The van der Waals surface area contributed by atoms with Crippen molar-refractivity contribution >= 4 is 23.3 Å². The third-order valence-corrected chi connectivity index (χ3v) is 4.23. The number of halogens is 3. The number of anilines is 1. The van der Waals surface area contributed by atoms with Gasteiger partial charge in [0.1, 0.15) is 5.84 Å². The van der Waals surface area contributed by atoms with Crippen molar-refractivity contribution in [2.45, 2.75) is 12.6 Å². The van der Waals surface area contributed by atoms with Crippen LogP contribution < -0.4 is 10.6 Å². The standard InChI is InChI=1S/C13H16F3N3S/c14-13(15,16)11-3-2-9(8-10(11)12(17)18)19-4-1-6-20-7-5-19/h2-3,8H,1,4-7H2,(H3,17,18). The number of hydrogen-bond acceptors (Lipinski definition) is 3. The Morgan fingerprint density at radius 2 is 2.00 bits per heavy atom. The van der Waals surface area contributed by atoms with E-state index in [2.05, 4.69) is 0 Å². The molecular formula is C13H16F3N3S. The highest BCUT2D eigenvalue weighted by atomic mass is 32.2. The smallest absolute Gasteiger partial charge is 0.384 e. The van der Waals surface area contributed by atoms with E-state index in [9.17, 15) is 13.2 Å². The fourth-order valence-electron chi connectivity index (χ4n) is 2.20. The summed E-state index contributed by atoms with van der Waals surface area (Å²) in [7, 11) is 0. The first-order chi connectivity index (χ1) is 9.39. The Balaban J connectivity index is 2.36. The molecule has 0 aromatic heterocycles. The minimum Gasteiger partial charge on any atom is -0.384 e. The van der Waals surface area contributed by atoms with Gasteiger partial charge in [-0.2, -0.15) is 24.9 Å². The zero-order valence-electron chi connectivity index (χ0n) is 10.8. The molecule has 20 heavy (non-hydrogen) atoms. The molecule has 1 aliphatic rings. The zero-order chi connectivity index (χ0) is 14.8. The van der Waals surface area contributed by atoms with Gasteiger partial charge in [0.25, 0.3) is 0 Å². The molecule has 3 nitrogen and oxygen atoms in total. The first-order valence-corrected chi connectivity index (χ1v) is 7.43. The second-order valence-electron chi connectivity index (χ2n) is 4.59. The predicted octanol–water partition coefficient (Wildman–Crippen LogP) is 2.93. The average molecular weight is 303 g/mol. The molecule has 0 radical (unpaired) electrons. The Labute approximate surface area is 119 Å². The van der Waals surface area contributed by atoms with Crippen molar-refractivity contribution in [3.8, 4) is 0 Å². The van der Waals surface area contributed by atoms with E-state index in [1.165, 1.54) is 12.1 Å².